The van der Waals surface area contributed by atoms with Gasteiger partial charge in [-0.1, -0.05) is 17.7 Å². The lowest BCUT2D eigenvalue weighted by molar-refractivity contribution is 0.0600. The Balaban J connectivity index is 1.73. The first-order chi connectivity index (χ1) is 14.3. The first-order valence-electron chi connectivity index (χ1n) is 9.41. The fourth-order valence-corrected chi connectivity index (χ4v) is 4.22. The van der Waals surface area contributed by atoms with Crippen molar-refractivity contribution in [1.29, 1.82) is 0 Å². The zero-order valence-electron chi connectivity index (χ0n) is 17.3. The number of benzene rings is 1. The summed E-state index contributed by atoms with van der Waals surface area (Å²) in [5.41, 5.74) is 3.67. The number of aryl methyl sites for hydroxylation is 4. The van der Waals surface area contributed by atoms with E-state index in [1.54, 1.807) is 12.1 Å². The number of pyridine rings is 1. The largest absolute Gasteiger partial charge is 0.507 e. The summed E-state index contributed by atoms with van der Waals surface area (Å²) >= 11 is 1.46. The van der Waals surface area contributed by atoms with Crippen LogP contribution in [0.25, 0.3) is 11.1 Å². The zero-order valence-corrected chi connectivity index (χ0v) is 18.1. The summed E-state index contributed by atoms with van der Waals surface area (Å²) in [7, 11) is 1.32. The smallest absolute Gasteiger partial charge is 0.347 e. The molecule has 3 rings (SSSR count). The van der Waals surface area contributed by atoms with Gasteiger partial charge in [0.05, 0.1) is 17.7 Å². The lowest BCUT2D eigenvalue weighted by Gasteiger charge is -2.12. The van der Waals surface area contributed by atoms with Gasteiger partial charge in [0.1, 0.15) is 17.1 Å². The van der Waals surface area contributed by atoms with Gasteiger partial charge < -0.3 is 14.3 Å². The lowest BCUT2D eigenvalue weighted by atomic mass is 9.94. The normalized spacial score (nSPS) is 10.8. The average Bonchev–Trinajstić information content (AvgIpc) is 2.69. The summed E-state index contributed by atoms with van der Waals surface area (Å²) in [5, 5.41) is 11.3. The van der Waals surface area contributed by atoms with Gasteiger partial charge in [-0.05, 0) is 49.6 Å². The second kappa shape index (κ2) is 9.17. The molecule has 0 unspecified atom stereocenters. The molecule has 0 atom stereocenters. The van der Waals surface area contributed by atoms with E-state index < -0.39 is 11.6 Å². The minimum Gasteiger partial charge on any atom is -0.507 e. The predicted molar refractivity (Wildman–Crippen MR) is 116 cm³/mol. The second-order valence-electron chi connectivity index (χ2n) is 7.01. The molecule has 0 spiro atoms. The first-order valence-corrected chi connectivity index (χ1v) is 10.4. The van der Waals surface area contributed by atoms with E-state index in [1.165, 1.54) is 31.1 Å². The molecule has 0 fully saturated rings. The van der Waals surface area contributed by atoms with E-state index in [0.29, 0.717) is 29.1 Å². The summed E-state index contributed by atoms with van der Waals surface area (Å²) in [6, 6.07) is 8.84. The lowest BCUT2D eigenvalue weighted by Crippen LogP contribution is -2.08. The second-order valence-corrected chi connectivity index (χ2v) is 8.12. The Bertz CT molecular complexity index is 1110. The van der Waals surface area contributed by atoms with Gasteiger partial charge in [-0.2, -0.15) is 0 Å². The van der Waals surface area contributed by atoms with Crippen LogP contribution >= 0.6 is 11.8 Å². The van der Waals surface area contributed by atoms with E-state index in [0.717, 1.165) is 21.7 Å². The Labute approximate surface area is 178 Å². The number of esters is 1. The Hall–Kier alpha value is -3.06. The van der Waals surface area contributed by atoms with Crippen molar-refractivity contribution in [2.75, 3.05) is 12.9 Å². The van der Waals surface area contributed by atoms with Crippen molar-refractivity contribution in [3.63, 3.8) is 0 Å². The maximum atomic E-state index is 12.6. The summed E-state index contributed by atoms with van der Waals surface area (Å²) < 4.78 is 10.1. The third-order valence-corrected chi connectivity index (χ3v) is 5.61. The Morgan fingerprint density at radius 2 is 1.83 bits per heavy atom. The summed E-state index contributed by atoms with van der Waals surface area (Å²) in [6.45, 7) is 5.82. The van der Waals surface area contributed by atoms with E-state index in [1.807, 2.05) is 32.9 Å². The van der Waals surface area contributed by atoms with Crippen LogP contribution in [0, 0.1) is 20.8 Å². The number of aromatic hydroxyl groups is 1. The SMILES string of the molecule is COC(=O)c1ccc(SCCc2cc(O)c(-c3c(C)cc(C)cc3C)c(=O)o2)nc1. The van der Waals surface area contributed by atoms with E-state index in [9.17, 15) is 14.7 Å². The highest BCUT2D eigenvalue weighted by Crippen LogP contribution is 2.33. The highest BCUT2D eigenvalue weighted by Gasteiger charge is 2.18. The van der Waals surface area contributed by atoms with Crippen molar-refractivity contribution in [2.45, 2.75) is 32.2 Å². The van der Waals surface area contributed by atoms with Crippen LogP contribution in [0.15, 0.2) is 50.8 Å². The highest BCUT2D eigenvalue weighted by molar-refractivity contribution is 7.99. The number of rotatable bonds is 6. The number of hydrogen-bond donors (Lipinski definition) is 1. The first kappa shape index (κ1) is 21.6. The predicted octanol–water partition coefficient (Wildman–Crippen LogP) is 4.45. The molecule has 2 heterocycles. The van der Waals surface area contributed by atoms with Gasteiger partial charge in [0, 0.05) is 24.4 Å². The number of hydrogen-bond acceptors (Lipinski definition) is 7. The molecule has 0 radical (unpaired) electrons. The third-order valence-electron chi connectivity index (χ3n) is 4.66. The molecule has 156 valence electrons. The van der Waals surface area contributed by atoms with Crippen LogP contribution in [-0.2, 0) is 11.2 Å². The van der Waals surface area contributed by atoms with Gasteiger partial charge >= 0.3 is 11.6 Å². The molecule has 0 bridgehead atoms. The minimum atomic E-state index is -0.550. The molecule has 0 aliphatic carbocycles. The van der Waals surface area contributed by atoms with Crippen LogP contribution in [0.3, 0.4) is 0 Å². The fourth-order valence-electron chi connectivity index (χ4n) is 3.42. The van der Waals surface area contributed by atoms with Crippen LogP contribution in [-0.4, -0.2) is 28.9 Å². The highest BCUT2D eigenvalue weighted by atomic mass is 32.2. The number of carbonyl (C=O) groups is 1. The van der Waals surface area contributed by atoms with Crippen molar-refractivity contribution in [2.24, 2.45) is 0 Å². The molecule has 2 aromatic heterocycles. The van der Waals surface area contributed by atoms with Crippen molar-refractivity contribution in [3.8, 4) is 16.9 Å². The maximum absolute atomic E-state index is 12.6. The Morgan fingerprint density at radius 1 is 1.13 bits per heavy atom. The van der Waals surface area contributed by atoms with Crippen molar-refractivity contribution in [1.82, 2.24) is 4.98 Å². The van der Waals surface area contributed by atoms with Crippen LogP contribution in [0.4, 0.5) is 0 Å². The van der Waals surface area contributed by atoms with Gasteiger partial charge in [-0.25, -0.2) is 14.6 Å². The monoisotopic (exact) mass is 425 g/mol. The number of methoxy groups -OCH3 is 1. The zero-order chi connectivity index (χ0) is 21.8. The molecule has 1 aromatic carbocycles. The Morgan fingerprint density at radius 3 is 2.40 bits per heavy atom. The molecule has 3 aromatic rings. The van der Waals surface area contributed by atoms with E-state index in [2.05, 4.69) is 9.72 Å². The Kier molecular flexibility index (Phi) is 6.62. The number of thioether (sulfide) groups is 1. The van der Waals surface area contributed by atoms with Gasteiger partial charge in [-0.15, -0.1) is 11.8 Å². The summed E-state index contributed by atoms with van der Waals surface area (Å²) in [4.78, 5) is 28.3. The minimum absolute atomic E-state index is 0.0816. The average molecular weight is 426 g/mol. The molecule has 0 saturated carbocycles. The van der Waals surface area contributed by atoms with Gasteiger partial charge in [-0.3, -0.25) is 0 Å². The van der Waals surface area contributed by atoms with Gasteiger partial charge in [0.2, 0.25) is 0 Å². The summed E-state index contributed by atoms with van der Waals surface area (Å²) in [6.07, 6.45) is 1.90. The molecular formula is C23H23NO5S. The molecule has 0 saturated heterocycles. The molecular weight excluding hydrogens is 402 g/mol. The van der Waals surface area contributed by atoms with Crippen molar-refractivity contribution >= 4 is 17.7 Å². The third kappa shape index (κ3) is 4.74. The van der Waals surface area contributed by atoms with Crippen LogP contribution in [0.5, 0.6) is 5.75 Å². The fraction of sp³-hybridized carbons (Fsp3) is 0.261. The molecule has 0 aliphatic heterocycles. The van der Waals surface area contributed by atoms with Crippen molar-refractivity contribution in [3.05, 3.63) is 75.0 Å². The molecule has 30 heavy (non-hydrogen) atoms. The van der Waals surface area contributed by atoms with Crippen molar-refractivity contribution < 1.29 is 19.1 Å². The van der Waals surface area contributed by atoms with Crippen LogP contribution in [0.2, 0.25) is 0 Å². The summed E-state index contributed by atoms with van der Waals surface area (Å²) in [5.74, 6) is 0.481. The number of aromatic nitrogens is 1. The number of nitrogens with zero attached hydrogens (tertiary/aromatic N) is 1. The van der Waals surface area contributed by atoms with E-state index in [-0.39, 0.29) is 11.3 Å². The quantitative estimate of drug-likeness (QED) is 0.461. The topological polar surface area (TPSA) is 89.6 Å². The molecule has 0 amide bonds. The number of carbonyl (C=O) groups excluding carboxylic acids is 1. The van der Waals surface area contributed by atoms with Gasteiger partial charge in [0.15, 0.2) is 0 Å². The van der Waals surface area contributed by atoms with Gasteiger partial charge in [0.25, 0.3) is 0 Å². The van der Waals surface area contributed by atoms with E-state index >= 15 is 0 Å². The molecule has 7 heteroatoms. The van der Waals surface area contributed by atoms with E-state index in [4.69, 9.17) is 4.42 Å². The van der Waals surface area contributed by atoms with Crippen LogP contribution < -0.4 is 5.63 Å². The maximum Gasteiger partial charge on any atom is 0.347 e. The number of ether oxygens (including phenoxy) is 1. The molecule has 1 N–H and O–H groups in total. The van der Waals surface area contributed by atoms with Crippen LogP contribution in [0.1, 0.15) is 32.8 Å². The molecule has 0 aliphatic rings. The standard InChI is InChI=1S/C23H23NO5S/c1-13-9-14(2)20(15(3)10-13)21-18(25)11-17(29-23(21)27)7-8-30-19-6-5-16(12-24-19)22(26)28-4/h5-6,9-12,25H,7-8H2,1-4H3. The molecule has 6 nitrogen and oxygen atoms in total.